The number of carbonyl (C=O) groups excluding carboxylic acids is 2. The van der Waals surface area contributed by atoms with Crippen LogP contribution in [0.15, 0.2) is 103 Å². The van der Waals surface area contributed by atoms with Crippen molar-refractivity contribution in [2.75, 3.05) is 30.0 Å². The van der Waals surface area contributed by atoms with Crippen LogP contribution in [0.4, 0.5) is 11.4 Å². The first-order valence-electron chi connectivity index (χ1n) is 14.4. The highest BCUT2D eigenvalue weighted by molar-refractivity contribution is 6.51. The number of aryl methyl sites for hydroxylation is 1. The van der Waals surface area contributed by atoms with Crippen molar-refractivity contribution in [3.8, 4) is 11.5 Å². The highest BCUT2D eigenvalue weighted by Crippen LogP contribution is 2.43. The Labute approximate surface area is 252 Å². The molecule has 43 heavy (non-hydrogen) atoms. The average molecular weight is 577 g/mol. The Morgan fingerprint density at radius 3 is 2.16 bits per heavy atom. The van der Waals surface area contributed by atoms with Gasteiger partial charge in [0.15, 0.2) is 0 Å². The van der Waals surface area contributed by atoms with Gasteiger partial charge in [0.2, 0.25) is 0 Å². The Hall–Kier alpha value is -5.04. The Balaban J connectivity index is 1.54. The van der Waals surface area contributed by atoms with Crippen molar-refractivity contribution in [3.05, 3.63) is 125 Å². The van der Waals surface area contributed by atoms with Crippen molar-refractivity contribution in [3.63, 3.8) is 0 Å². The summed E-state index contributed by atoms with van der Waals surface area (Å²) in [7, 11) is 1.58. The third kappa shape index (κ3) is 5.97. The number of benzene rings is 4. The van der Waals surface area contributed by atoms with Crippen molar-refractivity contribution < 1.29 is 24.2 Å². The van der Waals surface area contributed by atoms with Gasteiger partial charge >= 0.3 is 0 Å². The van der Waals surface area contributed by atoms with Gasteiger partial charge in [-0.15, -0.1) is 0 Å². The monoisotopic (exact) mass is 576 g/mol. The van der Waals surface area contributed by atoms with E-state index in [1.807, 2.05) is 73.7 Å². The van der Waals surface area contributed by atoms with Gasteiger partial charge in [0.25, 0.3) is 11.7 Å². The number of carbonyl (C=O) groups is 2. The molecule has 1 saturated heterocycles. The molecule has 0 bridgehead atoms. The first-order chi connectivity index (χ1) is 20.9. The number of ketones is 1. The maximum atomic E-state index is 13.6. The van der Waals surface area contributed by atoms with E-state index in [1.165, 1.54) is 4.90 Å². The molecule has 1 aliphatic heterocycles. The molecular formula is C36H36N2O5. The van der Waals surface area contributed by atoms with Crippen LogP contribution in [0, 0.1) is 6.92 Å². The number of aliphatic hydroxyl groups excluding tert-OH is 1. The molecule has 1 N–H and O–H groups in total. The minimum Gasteiger partial charge on any atom is -0.507 e. The number of hydrogen-bond donors (Lipinski definition) is 1. The van der Waals surface area contributed by atoms with Crippen molar-refractivity contribution >= 4 is 28.8 Å². The molecule has 1 amide bonds. The van der Waals surface area contributed by atoms with Crippen molar-refractivity contribution in [2.45, 2.75) is 33.4 Å². The van der Waals surface area contributed by atoms with E-state index in [4.69, 9.17) is 9.47 Å². The lowest BCUT2D eigenvalue weighted by molar-refractivity contribution is -0.132. The van der Waals surface area contributed by atoms with Crippen molar-refractivity contribution in [1.29, 1.82) is 0 Å². The second kappa shape index (κ2) is 12.9. The van der Waals surface area contributed by atoms with Crippen molar-refractivity contribution in [1.82, 2.24) is 0 Å². The Morgan fingerprint density at radius 1 is 0.884 bits per heavy atom. The fourth-order valence-electron chi connectivity index (χ4n) is 5.46. The highest BCUT2D eigenvalue weighted by atomic mass is 16.5. The number of anilines is 2. The van der Waals surface area contributed by atoms with Crippen LogP contribution < -0.4 is 19.3 Å². The quantitative estimate of drug-likeness (QED) is 0.124. The predicted octanol–water partition coefficient (Wildman–Crippen LogP) is 7.06. The van der Waals surface area contributed by atoms with Gasteiger partial charge in [0.05, 0.1) is 18.7 Å². The van der Waals surface area contributed by atoms with E-state index >= 15 is 0 Å². The van der Waals surface area contributed by atoms with Gasteiger partial charge in [0, 0.05) is 30.0 Å². The fourth-order valence-corrected chi connectivity index (χ4v) is 5.46. The van der Waals surface area contributed by atoms with Crippen LogP contribution in [0.1, 0.15) is 42.1 Å². The number of methoxy groups -OCH3 is 1. The minimum absolute atomic E-state index is 0.0281. The van der Waals surface area contributed by atoms with E-state index < -0.39 is 17.7 Å². The molecule has 7 heteroatoms. The van der Waals surface area contributed by atoms with Gasteiger partial charge in [-0.3, -0.25) is 14.5 Å². The number of nitrogens with zero attached hydrogens (tertiary/aromatic N) is 2. The first-order valence-corrected chi connectivity index (χ1v) is 14.4. The summed E-state index contributed by atoms with van der Waals surface area (Å²) in [6.07, 6.45) is 0. The van der Waals surface area contributed by atoms with E-state index in [1.54, 1.807) is 37.4 Å². The number of rotatable bonds is 10. The second-order valence-corrected chi connectivity index (χ2v) is 10.4. The Kier molecular flexibility index (Phi) is 8.81. The maximum Gasteiger partial charge on any atom is 0.300 e. The number of ether oxygens (including phenoxy) is 2. The molecular weight excluding hydrogens is 540 g/mol. The van der Waals surface area contributed by atoms with Gasteiger partial charge in [-0.05, 0) is 92.1 Å². The van der Waals surface area contributed by atoms with E-state index in [-0.39, 0.29) is 11.3 Å². The summed E-state index contributed by atoms with van der Waals surface area (Å²) in [6, 6.07) is 29.0. The summed E-state index contributed by atoms with van der Waals surface area (Å²) >= 11 is 0. The average Bonchev–Trinajstić information content (AvgIpc) is 3.31. The summed E-state index contributed by atoms with van der Waals surface area (Å²) in [5.74, 6) is -0.364. The molecule has 4 aromatic rings. The van der Waals surface area contributed by atoms with E-state index in [0.29, 0.717) is 34.9 Å². The summed E-state index contributed by atoms with van der Waals surface area (Å²) in [6.45, 7) is 8.16. The zero-order chi connectivity index (χ0) is 30.5. The van der Waals surface area contributed by atoms with Crippen LogP contribution in [0.5, 0.6) is 11.5 Å². The largest absolute Gasteiger partial charge is 0.507 e. The molecule has 1 heterocycles. The van der Waals surface area contributed by atoms with Crippen LogP contribution in [-0.4, -0.2) is 37.0 Å². The predicted molar refractivity (Wildman–Crippen MR) is 170 cm³/mol. The normalized spacial score (nSPS) is 15.9. The summed E-state index contributed by atoms with van der Waals surface area (Å²) in [5, 5.41) is 11.6. The van der Waals surface area contributed by atoms with Crippen molar-refractivity contribution in [2.24, 2.45) is 0 Å². The molecule has 0 spiro atoms. The molecule has 1 fully saturated rings. The standard InChI is InChI=1S/C36H36N2O5/c1-5-37(6-2)28-15-17-29(18-16-28)38-33(26-12-19-30(42-4)20-13-26)32(35(40)36(38)41)34(39)27-14-21-31(24(3)22-27)43-23-25-10-8-7-9-11-25/h7-22,33,39H,5-6,23H2,1-4H3/b34-32-. The molecule has 0 saturated carbocycles. The number of hydrogen-bond acceptors (Lipinski definition) is 6. The third-order valence-corrected chi connectivity index (χ3v) is 7.82. The SMILES string of the molecule is CCN(CC)c1ccc(N2C(=O)C(=O)/C(=C(\O)c3ccc(OCc4ccccc4)c(C)c3)C2c2ccc(OC)cc2)cc1. The number of aliphatic hydroxyl groups is 1. The van der Waals surface area contributed by atoms with Crippen LogP contribution in [-0.2, 0) is 16.2 Å². The lowest BCUT2D eigenvalue weighted by atomic mass is 9.94. The van der Waals surface area contributed by atoms with Gasteiger partial charge in [-0.25, -0.2) is 0 Å². The van der Waals surface area contributed by atoms with Gasteiger partial charge in [-0.1, -0.05) is 42.5 Å². The molecule has 1 aliphatic rings. The molecule has 0 aliphatic carbocycles. The minimum atomic E-state index is -0.834. The summed E-state index contributed by atoms with van der Waals surface area (Å²) in [5.41, 5.74) is 4.56. The zero-order valence-corrected chi connectivity index (χ0v) is 24.9. The summed E-state index contributed by atoms with van der Waals surface area (Å²) in [4.78, 5) is 30.9. The Bertz CT molecular complexity index is 1630. The van der Waals surface area contributed by atoms with Crippen LogP contribution in [0.3, 0.4) is 0 Å². The third-order valence-electron chi connectivity index (χ3n) is 7.82. The van der Waals surface area contributed by atoms with E-state index in [9.17, 15) is 14.7 Å². The fraction of sp³-hybridized carbons (Fsp3) is 0.222. The lowest BCUT2D eigenvalue weighted by Gasteiger charge is -2.27. The molecule has 0 radical (unpaired) electrons. The first kappa shape index (κ1) is 29.5. The highest BCUT2D eigenvalue weighted by Gasteiger charge is 2.47. The topological polar surface area (TPSA) is 79.3 Å². The van der Waals surface area contributed by atoms with Gasteiger partial charge in [0.1, 0.15) is 23.9 Å². The smallest absolute Gasteiger partial charge is 0.300 e. The van der Waals surface area contributed by atoms with Crippen LogP contribution in [0.2, 0.25) is 0 Å². The number of amides is 1. The molecule has 7 nitrogen and oxygen atoms in total. The van der Waals surface area contributed by atoms with E-state index in [0.717, 1.165) is 29.9 Å². The number of Topliss-reactive ketones (excluding diaryl/α,β-unsaturated/α-hetero) is 1. The molecule has 1 atom stereocenters. The molecule has 0 aromatic heterocycles. The molecule has 220 valence electrons. The second-order valence-electron chi connectivity index (χ2n) is 10.4. The van der Waals surface area contributed by atoms with Gasteiger partial charge < -0.3 is 19.5 Å². The van der Waals surface area contributed by atoms with Crippen LogP contribution in [0.25, 0.3) is 5.76 Å². The Morgan fingerprint density at radius 2 is 1.56 bits per heavy atom. The zero-order valence-electron chi connectivity index (χ0n) is 24.9. The lowest BCUT2D eigenvalue weighted by Crippen LogP contribution is -2.29. The molecule has 4 aromatic carbocycles. The van der Waals surface area contributed by atoms with E-state index in [2.05, 4.69) is 18.7 Å². The molecule has 5 rings (SSSR count). The summed E-state index contributed by atoms with van der Waals surface area (Å²) < 4.78 is 11.3. The van der Waals surface area contributed by atoms with Gasteiger partial charge in [-0.2, -0.15) is 0 Å². The van der Waals surface area contributed by atoms with Crippen LogP contribution >= 0.6 is 0 Å². The maximum absolute atomic E-state index is 13.6. The molecule has 1 unspecified atom stereocenters.